The molecule has 2 aromatic rings. The monoisotopic (exact) mass is 267 g/mol. The lowest BCUT2D eigenvalue weighted by Crippen LogP contribution is -2.08. The first kappa shape index (κ1) is 11.1. The van der Waals surface area contributed by atoms with Crippen LogP contribution in [0.25, 0.3) is 0 Å². The second kappa shape index (κ2) is 4.72. The number of hydrogen-bond donors (Lipinski definition) is 1. The van der Waals surface area contributed by atoms with Gasteiger partial charge in [-0.2, -0.15) is 0 Å². The number of nitrogens with zero attached hydrogens (tertiary/aromatic N) is 2. The molecule has 0 fully saturated rings. The number of aromatic nitrogens is 2. The molecule has 2 heterocycles. The van der Waals surface area contributed by atoms with Gasteiger partial charge in [-0.25, -0.2) is 9.97 Å². The Labute approximate surface area is 108 Å². The Morgan fingerprint density at radius 2 is 2.41 bits per heavy atom. The van der Waals surface area contributed by atoms with Crippen molar-refractivity contribution in [3.63, 3.8) is 0 Å². The van der Waals surface area contributed by atoms with Crippen LogP contribution in [0.5, 0.6) is 0 Å². The third-order valence-electron chi connectivity index (χ3n) is 2.83. The molecule has 0 radical (unpaired) electrons. The maximum atomic E-state index is 5.50. The topological polar surface area (TPSA) is 47.0 Å². The molecule has 90 valence electrons. The molecule has 1 aliphatic rings. The molecular weight excluding hydrogens is 254 g/mol. The van der Waals surface area contributed by atoms with Gasteiger partial charge in [0.05, 0.1) is 16.7 Å². The van der Waals surface area contributed by atoms with Crippen molar-refractivity contribution in [1.29, 1.82) is 0 Å². The average Bonchev–Trinajstić information content (AvgIpc) is 2.97. The minimum Gasteiger partial charge on any atom is -0.376 e. The molecule has 3 rings (SSSR count). The summed E-state index contributed by atoms with van der Waals surface area (Å²) in [6, 6.07) is 0. The third kappa shape index (κ3) is 2.20. The lowest BCUT2D eigenvalue weighted by Gasteiger charge is -2.18. The largest absolute Gasteiger partial charge is 0.376 e. The van der Waals surface area contributed by atoms with E-state index in [1.54, 1.807) is 36.0 Å². The van der Waals surface area contributed by atoms with Gasteiger partial charge < -0.3 is 10.1 Å². The molecule has 0 amide bonds. The molecule has 1 atom stereocenters. The zero-order valence-electron chi connectivity index (χ0n) is 9.47. The van der Waals surface area contributed by atoms with Gasteiger partial charge in [0.15, 0.2) is 10.3 Å². The number of nitrogens with one attached hydrogen (secondary N) is 1. The van der Waals surface area contributed by atoms with Crippen molar-refractivity contribution in [3.05, 3.63) is 22.1 Å². The molecule has 0 aliphatic heterocycles. The number of hydrogen-bond acceptors (Lipinski definition) is 6. The Morgan fingerprint density at radius 3 is 3.18 bits per heavy atom. The van der Waals surface area contributed by atoms with Gasteiger partial charge in [0.2, 0.25) is 0 Å². The van der Waals surface area contributed by atoms with Crippen LogP contribution in [0.2, 0.25) is 0 Å². The summed E-state index contributed by atoms with van der Waals surface area (Å²) in [7, 11) is 1.77. The Hall–Kier alpha value is -0.980. The number of thiazole rings is 2. The van der Waals surface area contributed by atoms with E-state index in [9.17, 15) is 0 Å². The third-order valence-corrected chi connectivity index (χ3v) is 4.62. The van der Waals surface area contributed by atoms with E-state index in [0.29, 0.717) is 0 Å². The zero-order valence-corrected chi connectivity index (χ0v) is 11.1. The van der Waals surface area contributed by atoms with Crippen molar-refractivity contribution < 1.29 is 4.74 Å². The van der Waals surface area contributed by atoms with Gasteiger partial charge >= 0.3 is 0 Å². The predicted octanol–water partition coefficient (Wildman–Crippen LogP) is 3.37. The van der Waals surface area contributed by atoms with E-state index in [1.807, 2.05) is 5.38 Å². The van der Waals surface area contributed by atoms with Gasteiger partial charge in [0.1, 0.15) is 0 Å². The molecule has 4 nitrogen and oxygen atoms in total. The van der Waals surface area contributed by atoms with Crippen LogP contribution in [-0.2, 0) is 11.2 Å². The van der Waals surface area contributed by atoms with Gasteiger partial charge in [-0.3, -0.25) is 0 Å². The number of rotatable bonds is 3. The normalized spacial score (nSPS) is 19.0. The van der Waals surface area contributed by atoms with Crippen molar-refractivity contribution in [1.82, 2.24) is 9.97 Å². The molecule has 0 spiro atoms. The second-order valence-corrected chi connectivity index (χ2v) is 5.83. The van der Waals surface area contributed by atoms with Crippen LogP contribution in [0, 0.1) is 0 Å². The highest BCUT2D eigenvalue weighted by atomic mass is 32.1. The van der Waals surface area contributed by atoms with Gasteiger partial charge in [-0.05, 0) is 19.3 Å². The SMILES string of the molecule is COC1CCCc2nc(Nc3nccs3)sc21. The summed E-state index contributed by atoms with van der Waals surface area (Å²) in [4.78, 5) is 10.1. The Balaban J connectivity index is 1.85. The zero-order chi connectivity index (χ0) is 11.7. The molecule has 0 saturated heterocycles. The summed E-state index contributed by atoms with van der Waals surface area (Å²) in [5.41, 5.74) is 1.19. The van der Waals surface area contributed by atoms with E-state index >= 15 is 0 Å². The van der Waals surface area contributed by atoms with Crippen LogP contribution in [-0.4, -0.2) is 17.1 Å². The molecule has 1 aliphatic carbocycles. The van der Waals surface area contributed by atoms with Gasteiger partial charge in [-0.1, -0.05) is 11.3 Å². The van der Waals surface area contributed by atoms with Crippen LogP contribution in [0.15, 0.2) is 11.6 Å². The highest BCUT2D eigenvalue weighted by Crippen LogP contribution is 2.38. The fourth-order valence-electron chi connectivity index (χ4n) is 2.04. The summed E-state index contributed by atoms with van der Waals surface area (Å²) < 4.78 is 5.50. The van der Waals surface area contributed by atoms with Crippen LogP contribution < -0.4 is 5.32 Å². The number of fused-ring (bicyclic) bond motifs is 1. The number of anilines is 2. The van der Waals surface area contributed by atoms with E-state index < -0.39 is 0 Å². The number of methoxy groups -OCH3 is 1. The van der Waals surface area contributed by atoms with Crippen LogP contribution in [0.1, 0.15) is 29.5 Å². The van der Waals surface area contributed by atoms with Crippen molar-refractivity contribution in [2.24, 2.45) is 0 Å². The minimum atomic E-state index is 0.225. The summed E-state index contributed by atoms with van der Waals surface area (Å²) in [6.45, 7) is 0. The first-order valence-electron chi connectivity index (χ1n) is 5.55. The molecule has 17 heavy (non-hydrogen) atoms. The fraction of sp³-hybridized carbons (Fsp3) is 0.455. The van der Waals surface area contributed by atoms with E-state index in [2.05, 4.69) is 15.3 Å². The van der Waals surface area contributed by atoms with Crippen molar-refractivity contribution in [2.45, 2.75) is 25.4 Å². The molecule has 1 unspecified atom stereocenters. The molecule has 0 bridgehead atoms. The lowest BCUT2D eigenvalue weighted by molar-refractivity contribution is 0.0908. The van der Waals surface area contributed by atoms with Crippen LogP contribution >= 0.6 is 22.7 Å². The number of aryl methyl sites for hydroxylation is 1. The lowest BCUT2D eigenvalue weighted by atomic mass is 10.0. The minimum absolute atomic E-state index is 0.225. The first-order valence-corrected chi connectivity index (χ1v) is 7.25. The summed E-state index contributed by atoms with van der Waals surface area (Å²) >= 11 is 3.27. The smallest absolute Gasteiger partial charge is 0.189 e. The Kier molecular flexibility index (Phi) is 3.09. The molecule has 6 heteroatoms. The molecule has 0 aromatic carbocycles. The Morgan fingerprint density at radius 1 is 1.47 bits per heavy atom. The van der Waals surface area contributed by atoms with Gasteiger partial charge in [0.25, 0.3) is 0 Å². The maximum absolute atomic E-state index is 5.50. The first-order chi connectivity index (χ1) is 8.36. The summed E-state index contributed by atoms with van der Waals surface area (Å²) in [5.74, 6) is 0. The maximum Gasteiger partial charge on any atom is 0.189 e. The van der Waals surface area contributed by atoms with Crippen LogP contribution in [0.3, 0.4) is 0 Å². The van der Waals surface area contributed by atoms with Crippen LogP contribution in [0.4, 0.5) is 10.3 Å². The quantitative estimate of drug-likeness (QED) is 0.926. The number of ether oxygens (including phenoxy) is 1. The van der Waals surface area contributed by atoms with Crippen molar-refractivity contribution >= 4 is 32.9 Å². The highest BCUT2D eigenvalue weighted by Gasteiger charge is 2.24. The molecular formula is C11H13N3OS2. The van der Waals surface area contributed by atoms with E-state index in [-0.39, 0.29) is 6.10 Å². The van der Waals surface area contributed by atoms with E-state index in [1.165, 1.54) is 10.6 Å². The van der Waals surface area contributed by atoms with Crippen molar-refractivity contribution in [3.8, 4) is 0 Å². The highest BCUT2D eigenvalue weighted by molar-refractivity contribution is 7.17. The molecule has 2 aromatic heterocycles. The van der Waals surface area contributed by atoms with Gasteiger partial charge in [0, 0.05) is 18.7 Å². The average molecular weight is 267 g/mol. The predicted molar refractivity (Wildman–Crippen MR) is 70.2 cm³/mol. The summed E-state index contributed by atoms with van der Waals surface area (Å²) in [5, 5.41) is 7.02. The van der Waals surface area contributed by atoms with Gasteiger partial charge in [-0.15, -0.1) is 11.3 Å². The standard InChI is InChI=1S/C11H13N3OS2/c1-15-8-4-2-3-7-9(8)17-11(13-7)14-10-12-5-6-16-10/h5-6,8H,2-4H2,1H3,(H,12,13,14). The van der Waals surface area contributed by atoms with Crippen molar-refractivity contribution in [2.75, 3.05) is 12.4 Å². The molecule has 1 N–H and O–H groups in total. The van der Waals surface area contributed by atoms with E-state index in [4.69, 9.17) is 4.74 Å². The fourth-order valence-corrected chi connectivity index (χ4v) is 3.75. The summed E-state index contributed by atoms with van der Waals surface area (Å²) in [6.07, 6.45) is 5.33. The molecule has 0 saturated carbocycles. The Bertz CT molecular complexity index is 495. The second-order valence-electron chi connectivity index (χ2n) is 3.91. The van der Waals surface area contributed by atoms with E-state index in [0.717, 1.165) is 29.5 Å².